The summed E-state index contributed by atoms with van der Waals surface area (Å²) in [5.41, 5.74) is 0.572. The second-order valence-electron chi connectivity index (χ2n) is 4.40. The molecule has 0 fully saturated rings. The molecule has 0 spiro atoms. The number of nitrogens with zero attached hydrogens (tertiary/aromatic N) is 2. The quantitative estimate of drug-likeness (QED) is 0.674. The van der Waals surface area contributed by atoms with Crippen molar-refractivity contribution in [2.45, 2.75) is 26.8 Å². The predicted octanol–water partition coefficient (Wildman–Crippen LogP) is 3.37. The van der Waals surface area contributed by atoms with E-state index in [0.29, 0.717) is 5.56 Å². The minimum Gasteiger partial charge on any atom is -0.464 e. The van der Waals surface area contributed by atoms with Crippen LogP contribution >= 0.6 is 0 Å². The number of anilines is 1. The van der Waals surface area contributed by atoms with Gasteiger partial charge in [0.15, 0.2) is 0 Å². The zero-order valence-corrected chi connectivity index (χ0v) is 11.0. The number of nitro groups is 1. The molecule has 1 unspecified atom stereocenters. The van der Waals surface area contributed by atoms with Crippen LogP contribution in [0.3, 0.4) is 0 Å². The lowest BCUT2D eigenvalue weighted by Gasteiger charge is -2.12. The van der Waals surface area contributed by atoms with Crippen molar-refractivity contribution in [1.29, 1.82) is 0 Å². The molecule has 0 amide bonds. The minimum atomic E-state index is -0.426. The minimum absolute atomic E-state index is 0.00220. The molecule has 2 aromatic rings. The van der Waals surface area contributed by atoms with Gasteiger partial charge in [-0.25, -0.2) is 4.98 Å². The van der Waals surface area contributed by atoms with Crippen LogP contribution in [0.4, 0.5) is 11.5 Å². The van der Waals surface area contributed by atoms with E-state index in [0.717, 1.165) is 11.5 Å². The molecular formula is C13H15N3O3. The summed E-state index contributed by atoms with van der Waals surface area (Å²) >= 11 is 0. The fraction of sp³-hybridized carbons (Fsp3) is 0.308. The normalized spacial score (nSPS) is 12.2. The first kappa shape index (κ1) is 13.1. The van der Waals surface area contributed by atoms with Gasteiger partial charge in [-0.15, -0.1) is 0 Å². The Balaban J connectivity index is 2.28. The van der Waals surface area contributed by atoms with Gasteiger partial charge < -0.3 is 9.73 Å². The molecule has 0 saturated carbocycles. The van der Waals surface area contributed by atoms with Gasteiger partial charge in [0.1, 0.15) is 11.5 Å². The molecule has 0 aliphatic carbocycles. The van der Waals surface area contributed by atoms with E-state index in [9.17, 15) is 10.1 Å². The van der Waals surface area contributed by atoms with Gasteiger partial charge in [-0.3, -0.25) is 10.1 Å². The molecule has 0 aliphatic heterocycles. The Morgan fingerprint density at radius 2 is 2.11 bits per heavy atom. The van der Waals surface area contributed by atoms with Crippen molar-refractivity contribution in [3.05, 3.63) is 51.6 Å². The van der Waals surface area contributed by atoms with Crippen molar-refractivity contribution in [3.8, 4) is 0 Å². The average Bonchev–Trinajstić information content (AvgIpc) is 2.75. The van der Waals surface area contributed by atoms with Gasteiger partial charge in [0.25, 0.3) is 0 Å². The molecule has 0 bridgehead atoms. The highest BCUT2D eigenvalue weighted by molar-refractivity contribution is 5.60. The van der Waals surface area contributed by atoms with Gasteiger partial charge >= 0.3 is 5.69 Å². The van der Waals surface area contributed by atoms with Crippen molar-refractivity contribution in [2.75, 3.05) is 5.32 Å². The van der Waals surface area contributed by atoms with Crippen LogP contribution in [0.5, 0.6) is 0 Å². The van der Waals surface area contributed by atoms with E-state index in [1.807, 2.05) is 26.0 Å². The Morgan fingerprint density at radius 3 is 2.68 bits per heavy atom. The fourth-order valence-corrected chi connectivity index (χ4v) is 1.85. The lowest BCUT2D eigenvalue weighted by molar-refractivity contribution is -0.384. The smallest absolute Gasteiger partial charge is 0.314 e. The molecular weight excluding hydrogens is 246 g/mol. The molecule has 6 nitrogen and oxygen atoms in total. The van der Waals surface area contributed by atoms with E-state index in [1.54, 1.807) is 19.2 Å². The van der Waals surface area contributed by atoms with Crippen molar-refractivity contribution in [2.24, 2.45) is 0 Å². The van der Waals surface area contributed by atoms with E-state index >= 15 is 0 Å². The summed E-state index contributed by atoms with van der Waals surface area (Å²) in [6.07, 6.45) is 1.55. The molecule has 1 N–H and O–H groups in total. The number of furan rings is 1. The lowest BCUT2D eigenvalue weighted by atomic mass is 10.2. The van der Waals surface area contributed by atoms with Gasteiger partial charge in [-0.05, 0) is 39.0 Å². The molecule has 100 valence electrons. The molecule has 0 radical (unpaired) electrons. The first-order chi connectivity index (χ1) is 8.99. The summed E-state index contributed by atoms with van der Waals surface area (Å²) in [4.78, 5) is 14.7. The zero-order valence-electron chi connectivity index (χ0n) is 11.0. The Labute approximate surface area is 110 Å². The molecule has 19 heavy (non-hydrogen) atoms. The SMILES string of the molecule is Cc1ccc(C(C)Nc2nccc(C)c2[N+](=O)[O-])o1. The van der Waals surface area contributed by atoms with Crippen LogP contribution in [0.25, 0.3) is 0 Å². The van der Waals surface area contributed by atoms with Crippen molar-refractivity contribution >= 4 is 11.5 Å². The summed E-state index contributed by atoms with van der Waals surface area (Å²) < 4.78 is 5.49. The molecule has 2 rings (SSSR count). The van der Waals surface area contributed by atoms with Crippen molar-refractivity contribution in [3.63, 3.8) is 0 Å². The summed E-state index contributed by atoms with van der Waals surface area (Å²) in [6, 6.07) is 5.12. The van der Waals surface area contributed by atoms with Crippen LogP contribution in [-0.4, -0.2) is 9.91 Å². The highest BCUT2D eigenvalue weighted by Crippen LogP contribution is 2.29. The zero-order chi connectivity index (χ0) is 14.0. The van der Waals surface area contributed by atoms with E-state index < -0.39 is 4.92 Å². The maximum absolute atomic E-state index is 11.1. The summed E-state index contributed by atoms with van der Waals surface area (Å²) in [5.74, 6) is 1.78. The first-order valence-electron chi connectivity index (χ1n) is 5.92. The standard InChI is InChI=1S/C13H15N3O3/c1-8-6-7-14-13(12(8)16(17)18)15-10(3)11-5-4-9(2)19-11/h4-7,10H,1-3H3,(H,14,15). The van der Waals surface area contributed by atoms with Gasteiger partial charge in [-0.1, -0.05) is 0 Å². The van der Waals surface area contributed by atoms with Crippen molar-refractivity contribution < 1.29 is 9.34 Å². The summed E-state index contributed by atoms with van der Waals surface area (Å²) in [6.45, 7) is 5.41. The van der Waals surface area contributed by atoms with E-state index in [2.05, 4.69) is 10.3 Å². The van der Waals surface area contributed by atoms with Crippen LogP contribution in [0.15, 0.2) is 28.8 Å². The average molecular weight is 261 g/mol. The van der Waals surface area contributed by atoms with Gasteiger partial charge in [-0.2, -0.15) is 0 Å². The summed E-state index contributed by atoms with van der Waals surface area (Å²) in [5, 5.41) is 14.1. The van der Waals surface area contributed by atoms with Gasteiger partial charge in [0.2, 0.25) is 5.82 Å². The molecule has 2 heterocycles. The molecule has 1 atom stereocenters. The van der Waals surface area contributed by atoms with Crippen LogP contribution in [0, 0.1) is 24.0 Å². The van der Waals surface area contributed by atoms with Gasteiger partial charge in [0.05, 0.1) is 11.0 Å². The number of aromatic nitrogens is 1. The third-order valence-corrected chi connectivity index (χ3v) is 2.85. The number of pyridine rings is 1. The highest BCUT2D eigenvalue weighted by atomic mass is 16.6. The van der Waals surface area contributed by atoms with Crippen LogP contribution in [-0.2, 0) is 0 Å². The Bertz CT molecular complexity index is 607. The maximum Gasteiger partial charge on any atom is 0.314 e. The number of rotatable bonds is 4. The third kappa shape index (κ3) is 2.73. The number of hydrogen-bond donors (Lipinski definition) is 1. The third-order valence-electron chi connectivity index (χ3n) is 2.85. The highest BCUT2D eigenvalue weighted by Gasteiger charge is 2.21. The monoisotopic (exact) mass is 261 g/mol. The van der Waals surface area contributed by atoms with Crippen LogP contribution in [0.1, 0.15) is 30.0 Å². The van der Waals surface area contributed by atoms with Crippen LogP contribution in [0.2, 0.25) is 0 Å². The Hall–Kier alpha value is -2.37. The van der Waals surface area contributed by atoms with Crippen LogP contribution < -0.4 is 5.32 Å². The topological polar surface area (TPSA) is 81.2 Å². The van der Waals surface area contributed by atoms with E-state index in [1.165, 1.54) is 0 Å². The molecule has 0 saturated heterocycles. The molecule has 0 aromatic carbocycles. The Kier molecular flexibility index (Phi) is 3.50. The fourth-order valence-electron chi connectivity index (χ4n) is 1.85. The molecule has 2 aromatic heterocycles. The second kappa shape index (κ2) is 5.09. The molecule has 0 aliphatic rings. The predicted molar refractivity (Wildman–Crippen MR) is 71.1 cm³/mol. The van der Waals surface area contributed by atoms with Crippen molar-refractivity contribution in [1.82, 2.24) is 4.98 Å². The lowest BCUT2D eigenvalue weighted by Crippen LogP contribution is -2.09. The number of nitrogens with one attached hydrogen (secondary N) is 1. The van der Waals surface area contributed by atoms with Gasteiger partial charge in [0, 0.05) is 11.8 Å². The van der Waals surface area contributed by atoms with E-state index in [4.69, 9.17) is 4.42 Å². The summed E-state index contributed by atoms with van der Waals surface area (Å²) in [7, 11) is 0. The Morgan fingerprint density at radius 1 is 1.37 bits per heavy atom. The second-order valence-corrected chi connectivity index (χ2v) is 4.40. The van der Waals surface area contributed by atoms with E-state index in [-0.39, 0.29) is 17.5 Å². The number of aryl methyl sites for hydroxylation is 2. The first-order valence-corrected chi connectivity index (χ1v) is 5.92. The molecule has 6 heteroatoms. The largest absolute Gasteiger partial charge is 0.464 e. The maximum atomic E-state index is 11.1. The number of hydrogen-bond acceptors (Lipinski definition) is 5.